The van der Waals surface area contributed by atoms with Crippen LogP contribution < -0.4 is 15.0 Å². The largest absolute Gasteiger partial charge is 0.573 e. The zero-order valence-corrected chi connectivity index (χ0v) is 21.2. The third-order valence-electron chi connectivity index (χ3n) is 9.50. The summed E-state index contributed by atoms with van der Waals surface area (Å²) in [5.74, 6) is 0.499. The number of anilines is 1. The van der Waals surface area contributed by atoms with Crippen molar-refractivity contribution in [2.75, 3.05) is 38.3 Å². The van der Waals surface area contributed by atoms with Gasteiger partial charge in [-0.1, -0.05) is 12.5 Å². The Kier molecular flexibility index (Phi) is 6.56. The number of fused-ring (bicyclic) bond motifs is 3. The fourth-order valence-electron chi connectivity index (χ4n) is 7.93. The molecule has 5 aliphatic rings. The van der Waals surface area contributed by atoms with E-state index in [1.165, 1.54) is 12.1 Å². The summed E-state index contributed by atoms with van der Waals surface area (Å²) in [6.07, 6.45) is 2.15. The Morgan fingerprint density at radius 2 is 2.05 bits per heavy atom. The number of rotatable bonds is 6. The van der Waals surface area contributed by atoms with E-state index < -0.39 is 6.36 Å². The molecule has 6 rings (SSSR count). The molecule has 5 fully saturated rings. The van der Waals surface area contributed by atoms with Gasteiger partial charge in [0.1, 0.15) is 5.75 Å². The van der Waals surface area contributed by atoms with Gasteiger partial charge in [-0.3, -0.25) is 4.79 Å². The molecule has 3 saturated heterocycles. The fraction of sp³-hybridized carbons (Fsp3) is 0.741. The van der Waals surface area contributed by atoms with Crippen LogP contribution in [0.4, 0.5) is 18.9 Å². The molecule has 2 aliphatic carbocycles. The molecule has 1 aromatic carbocycles. The minimum absolute atomic E-state index is 0.0428. The molecule has 7 atom stereocenters. The van der Waals surface area contributed by atoms with Crippen LogP contribution >= 0.6 is 0 Å². The highest BCUT2D eigenvalue weighted by molar-refractivity contribution is 5.85. The molecule has 3 heterocycles. The Hall–Kier alpha value is -2.04. The average molecular weight is 524 g/mol. The number of benzene rings is 1. The number of amides is 1. The van der Waals surface area contributed by atoms with E-state index in [1.54, 1.807) is 13.2 Å². The van der Waals surface area contributed by atoms with Crippen LogP contribution in [0.1, 0.15) is 44.9 Å². The van der Waals surface area contributed by atoms with Crippen LogP contribution in [0.5, 0.6) is 5.75 Å². The summed E-state index contributed by atoms with van der Waals surface area (Å²) in [6.45, 7) is 2.61. The van der Waals surface area contributed by atoms with Gasteiger partial charge < -0.3 is 29.3 Å². The van der Waals surface area contributed by atoms with Crippen LogP contribution in [0.3, 0.4) is 0 Å². The molecule has 2 bridgehead atoms. The Labute approximate surface area is 215 Å². The first kappa shape index (κ1) is 25.2. The van der Waals surface area contributed by atoms with Gasteiger partial charge in [-0.25, -0.2) is 0 Å². The van der Waals surface area contributed by atoms with Crippen LogP contribution in [0, 0.1) is 11.3 Å². The normalized spacial score (nSPS) is 37.3. The van der Waals surface area contributed by atoms with Crippen molar-refractivity contribution in [2.45, 2.75) is 81.6 Å². The maximum Gasteiger partial charge on any atom is 0.573 e. The highest BCUT2D eigenvalue weighted by atomic mass is 19.4. The van der Waals surface area contributed by atoms with E-state index in [0.29, 0.717) is 43.3 Å². The van der Waals surface area contributed by atoms with Crippen molar-refractivity contribution >= 4 is 11.6 Å². The maximum absolute atomic E-state index is 14.1. The van der Waals surface area contributed by atoms with Gasteiger partial charge in [-0.2, -0.15) is 0 Å². The average Bonchev–Trinajstić information content (AvgIpc) is 3.63. The summed E-state index contributed by atoms with van der Waals surface area (Å²) >= 11 is 0. The van der Waals surface area contributed by atoms with E-state index in [9.17, 15) is 18.0 Å². The number of likely N-dealkylation sites (tertiary alicyclic amines) is 1. The topological polar surface area (TPSA) is 63.3 Å². The van der Waals surface area contributed by atoms with Crippen molar-refractivity contribution in [1.29, 1.82) is 0 Å². The predicted molar refractivity (Wildman–Crippen MR) is 130 cm³/mol. The number of nitrogens with zero attached hydrogens (tertiary/aromatic N) is 2. The molecular weight excluding hydrogens is 487 g/mol. The van der Waals surface area contributed by atoms with Crippen molar-refractivity contribution in [3.63, 3.8) is 0 Å². The van der Waals surface area contributed by atoms with Gasteiger partial charge >= 0.3 is 6.36 Å². The minimum Gasteiger partial charge on any atom is -0.406 e. The molecule has 37 heavy (non-hydrogen) atoms. The summed E-state index contributed by atoms with van der Waals surface area (Å²) in [4.78, 5) is 18.4. The summed E-state index contributed by atoms with van der Waals surface area (Å²) < 4.78 is 53.4. The van der Waals surface area contributed by atoms with Gasteiger partial charge in [-0.05, 0) is 56.6 Å². The Bertz CT molecular complexity index is 1010. The zero-order chi connectivity index (χ0) is 25.8. The number of halogens is 3. The van der Waals surface area contributed by atoms with E-state index in [-0.39, 0.29) is 35.4 Å². The van der Waals surface area contributed by atoms with Gasteiger partial charge in [0.25, 0.3) is 0 Å². The van der Waals surface area contributed by atoms with E-state index in [1.807, 2.05) is 6.07 Å². The van der Waals surface area contributed by atoms with Crippen LogP contribution in [0.15, 0.2) is 24.3 Å². The first-order chi connectivity index (χ1) is 17.8. The number of carbonyl (C=O) groups is 1. The van der Waals surface area contributed by atoms with Crippen LogP contribution in [0.2, 0.25) is 0 Å². The monoisotopic (exact) mass is 523 g/mol. The van der Waals surface area contributed by atoms with Crippen molar-refractivity contribution in [3.8, 4) is 5.75 Å². The molecule has 204 valence electrons. The van der Waals surface area contributed by atoms with Gasteiger partial charge in [-0.15, -0.1) is 13.2 Å². The van der Waals surface area contributed by atoms with E-state index in [0.717, 1.165) is 51.6 Å². The number of hydrogen-bond donors (Lipinski definition) is 1. The maximum atomic E-state index is 14.1. The molecule has 0 unspecified atom stereocenters. The Morgan fingerprint density at radius 3 is 2.81 bits per heavy atom. The second kappa shape index (κ2) is 9.61. The predicted octanol–water partition coefficient (Wildman–Crippen LogP) is 3.72. The van der Waals surface area contributed by atoms with Crippen molar-refractivity contribution in [1.82, 2.24) is 10.2 Å². The van der Waals surface area contributed by atoms with Crippen LogP contribution in [-0.4, -0.2) is 80.9 Å². The number of hydrogen-bond acceptors (Lipinski definition) is 6. The summed E-state index contributed by atoms with van der Waals surface area (Å²) in [5.41, 5.74) is 0.425. The van der Waals surface area contributed by atoms with E-state index in [4.69, 9.17) is 9.47 Å². The third-order valence-corrected chi connectivity index (χ3v) is 9.50. The number of alkyl halides is 3. The molecule has 1 N–H and O–H groups in total. The molecule has 0 radical (unpaired) electrons. The van der Waals surface area contributed by atoms with Crippen molar-refractivity contribution < 1.29 is 32.2 Å². The summed E-state index contributed by atoms with van der Waals surface area (Å²) in [5, 5.41) is 3.83. The molecule has 1 amide bonds. The molecule has 0 spiro atoms. The first-order valence-corrected chi connectivity index (χ1v) is 13.6. The van der Waals surface area contributed by atoms with Gasteiger partial charge in [0, 0.05) is 56.7 Å². The second-order valence-corrected chi connectivity index (χ2v) is 11.5. The summed E-state index contributed by atoms with van der Waals surface area (Å²) in [7, 11) is 1.73. The Morgan fingerprint density at radius 1 is 1.19 bits per heavy atom. The molecular formula is C27H36F3N3O4. The fourth-order valence-corrected chi connectivity index (χ4v) is 7.93. The highest BCUT2D eigenvalue weighted by Crippen LogP contribution is 2.56. The Balaban J connectivity index is 1.12. The molecule has 10 heteroatoms. The molecule has 2 saturated carbocycles. The smallest absolute Gasteiger partial charge is 0.406 e. The lowest BCUT2D eigenvalue weighted by Crippen LogP contribution is -2.54. The molecule has 0 aromatic heterocycles. The van der Waals surface area contributed by atoms with Gasteiger partial charge in [0.15, 0.2) is 0 Å². The second-order valence-electron chi connectivity index (χ2n) is 11.5. The number of methoxy groups -OCH3 is 1. The van der Waals surface area contributed by atoms with E-state index >= 15 is 0 Å². The SMILES string of the molecule is CO[C@@H]1COCC[C@@H]1N[C@@H]1C[C@H]2CCC[C@@]2(C(=O)N2C[C@@H]3C[C@H]2CN3c2cccc(OC(F)(F)F)c2)C1. The van der Waals surface area contributed by atoms with Crippen LogP contribution in [0.25, 0.3) is 0 Å². The highest BCUT2D eigenvalue weighted by Gasteiger charge is 2.59. The lowest BCUT2D eigenvalue weighted by molar-refractivity contribution is -0.274. The number of ether oxygens (including phenoxy) is 3. The van der Waals surface area contributed by atoms with Crippen molar-refractivity contribution in [2.24, 2.45) is 11.3 Å². The minimum atomic E-state index is -4.72. The number of piperazine rings is 1. The van der Waals surface area contributed by atoms with Crippen molar-refractivity contribution in [3.05, 3.63) is 24.3 Å². The molecule has 3 aliphatic heterocycles. The lowest BCUT2D eigenvalue weighted by Gasteiger charge is -2.41. The third kappa shape index (κ3) is 4.69. The van der Waals surface area contributed by atoms with Crippen LogP contribution in [-0.2, 0) is 14.3 Å². The number of nitrogens with one attached hydrogen (secondary N) is 1. The lowest BCUT2D eigenvalue weighted by atomic mass is 9.78. The molecule has 7 nitrogen and oxygen atoms in total. The molecule has 1 aromatic rings. The zero-order valence-electron chi connectivity index (χ0n) is 21.2. The standard InChI is InChI=1S/C27H36F3N3O4/c1-35-24-16-36-9-7-23(24)31-18-10-17-4-3-8-26(17,13-18)25(34)33-15-20-11-21(33)14-32(20)19-5-2-6-22(12-19)37-27(28,29)30/h2,5-6,12,17-18,20-21,23-24,31H,3-4,7-11,13-16H2,1H3/t17-,18-,20+,21+,23+,24-,26-/m1/s1. The van der Waals surface area contributed by atoms with E-state index in [2.05, 4.69) is 19.9 Å². The van der Waals surface area contributed by atoms with Gasteiger partial charge in [0.05, 0.1) is 24.2 Å². The van der Waals surface area contributed by atoms with Gasteiger partial charge in [0.2, 0.25) is 5.91 Å². The summed E-state index contributed by atoms with van der Waals surface area (Å²) in [6, 6.07) is 6.95. The number of carbonyl (C=O) groups excluding carboxylic acids is 1. The quantitative estimate of drug-likeness (QED) is 0.614. The first-order valence-electron chi connectivity index (χ1n) is 13.6.